The van der Waals surface area contributed by atoms with Gasteiger partial charge in [-0.2, -0.15) is 5.10 Å². The van der Waals surface area contributed by atoms with E-state index >= 15 is 0 Å². The first-order valence-electron chi connectivity index (χ1n) is 8.65. The normalized spacial score (nSPS) is 15.2. The Labute approximate surface area is 147 Å². The minimum absolute atomic E-state index is 0.00304. The number of carbonyl (C=O) groups excluding carboxylic acids is 2. The van der Waals surface area contributed by atoms with Crippen LogP contribution in [0.4, 0.5) is 0 Å². The van der Waals surface area contributed by atoms with Crippen LogP contribution in [0.2, 0.25) is 0 Å². The van der Waals surface area contributed by atoms with Crippen molar-refractivity contribution in [2.45, 2.75) is 26.7 Å². The number of nitrogens with one attached hydrogen (secondary N) is 1. The number of likely N-dealkylation sites (tertiary alicyclic amines) is 1. The highest BCUT2D eigenvalue weighted by Gasteiger charge is 2.30. The second-order valence-electron chi connectivity index (χ2n) is 6.47. The SMILES string of the molecule is CNC(=O)C1CCN(C(=O)c2c(C)nn(-c3ccccc3)c2C)CC1. The number of hydrogen-bond donors (Lipinski definition) is 1. The molecule has 0 saturated carbocycles. The topological polar surface area (TPSA) is 67.2 Å². The second kappa shape index (κ2) is 7.09. The molecule has 2 amide bonds. The number of benzene rings is 1. The van der Waals surface area contributed by atoms with Crippen LogP contribution in [0, 0.1) is 19.8 Å². The van der Waals surface area contributed by atoms with Crippen molar-refractivity contribution >= 4 is 11.8 Å². The monoisotopic (exact) mass is 340 g/mol. The lowest BCUT2D eigenvalue weighted by molar-refractivity contribution is -0.125. The van der Waals surface area contributed by atoms with E-state index in [9.17, 15) is 9.59 Å². The Balaban J connectivity index is 1.80. The summed E-state index contributed by atoms with van der Waals surface area (Å²) in [4.78, 5) is 26.6. The molecule has 3 rings (SSSR count). The third kappa shape index (κ3) is 3.29. The van der Waals surface area contributed by atoms with Gasteiger partial charge >= 0.3 is 0 Å². The predicted octanol–water partition coefficient (Wildman–Crippen LogP) is 2.09. The van der Waals surface area contributed by atoms with Crippen LogP contribution in [0.5, 0.6) is 0 Å². The maximum absolute atomic E-state index is 13.0. The fourth-order valence-corrected chi connectivity index (χ4v) is 3.48. The summed E-state index contributed by atoms with van der Waals surface area (Å²) in [6, 6.07) is 9.82. The molecule has 0 spiro atoms. The van der Waals surface area contributed by atoms with Gasteiger partial charge in [-0.05, 0) is 38.8 Å². The summed E-state index contributed by atoms with van der Waals surface area (Å²) in [5.41, 5.74) is 3.20. The van der Waals surface area contributed by atoms with E-state index in [4.69, 9.17) is 0 Å². The number of aryl methyl sites for hydroxylation is 1. The lowest BCUT2D eigenvalue weighted by Crippen LogP contribution is -2.42. The number of carbonyl (C=O) groups is 2. The molecule has 0 aliphatic carbocycles. The summed E-state index contributed by atoms with van der Waals surface area (Å²) in [6.45, 7) is 5.01. The molecule has 1 fully saturated rings. The number of aromatic nitrogens is 2. The van der Waals surface area contributed by atoms with Gasteiger partial charge in [-0.3, -0.25) is 9.59 Å². The first-order chi connectivity index (χ1) is 12.0. The summed E-state index contributed by atoms with van der Waals surface area (Å²) < 4.78 is 1.82. The summed E-state index contributed by atoms with van der Waals surface area (Å²) in [5.74, 6) is 0.0761. The molecule has 0 atom stereocenters. The highest BCUT2D eigenvalue weighted by Crippen LogP contribution is 2.23. The van der Waals surface area contributed by atoms with E-state index in [1.54, 1.807) is 7.05 Å². The van der Waals surface area contributed by atoms with Gasteiger partial charge in [0.1, 0.15) is 0 Å². The number of hydrogen-bond acceptors (Lipinski definition) is 3. The zero-order chi connectivity index (χ0) is 18.0. The first kappa shape index (κ1) is 17.2. The first-order valence-corrected chi connectivity index (χ1v) is 8.65. The van der Waals surface area contributed by atoms with Crippen LogP contribution in [0.1, 0.15) is 34.6 Å². The Morgan fingerprint density at radius 3 is 2.36 bits per heavy atom. The minimum Gasteiger partial charge on any atom is -0.359 e. The van der Waals surface area contributed by atoms with Crippen molar-refractivity contribution in [2.75, 3.05) is 20.1 Å². The zero-order valence-corrected chi connectivity index (χ0v) is 15.0. The Kier molecular flexibility index (Phi) is 4.88. The van der Waals surface area contributed by atoms with Crippen molar-refractivity contribution in [3.63, 3.8) is 0 Å². The largest absolute Gasteiger partial charge is 0.359 e. The second-order valence-corrected chi connectivity index (χ2v) is 6.47. The molecule has 0 radical (unpaired) electrons. The van der Waals surface area contributed by atoms with Crippen molar-refractivity contribution in [1.82, 2.24) is 20.0 Å². The maximum Gasteiger partial charge on any atom is 0.257 e. The predicted molar refractivity (Wildman–Crippen MR) is 95.7 cm³/mol. The third-order valence-electron chi connectivity index (χ3n) is 4.91. The Hall–Kier alpha value is -2.63. The van der Waals surface area contributed by atoms with E-state index in [1.807, 2.05) is 53.8 Å². The summed E-state index contributed by atoms with van der Waals surface area (Å²) in [5, 5.41) is 7.25. The zero-order valence-electron chi connectivity index (χ0n) is 15.0. The van der Waals surface area contributed by atoms with Gasteiger partial charge in [0.15, 0.2) is 0 Å². The van der Waals surface area contributed by atoms with E-state index in [-0.39, 0.29) is 17.7 Å². The minimum atomic E-state index is 0.00304. The van der Waals surface area contributed by atoms with Crippen molar-refractivity contribution in [3.8, 4) is 5.69 Å². The lowest BCUT2D eigenvalue weighted by Gasteiger charge is -2.31. The summed E-state index contributed by atoms with van der Waals surface area (Å²) >= 11 is 0. The standard InChI is InChI=1S/C19H24N4O2/c1-13-17(14(2)23(21-13)16-7-5-4-6-8-16)19(25)22-11-9-15(10-12-22)18(24)20-3/h4-8,15H,9-12H2,1-3H3,(H,20,24). The molecular weight excluding hydrogens is 316 g/mol. The lowest BCUT2D eigenvalue weighted by atomic mass is 9.95. The smallest absolute Gasteiger partial charge is 0.257 e. The molecule has 0 bridgehead atoms. The Morgan fingerprint density at radius 2 is 1.76 bits per heavy atom. The molecule has 1 aliphatic rings. The van der Waals surface area contributed by atoms with Gasteiger partial charge in [-0.1, -0.05) is 18.2 Å². The van der Waals surface area contributed by atoms with Crippen molar-refractivity contribution in [1.29, 1.82) is 0 Å². The van der Waals surface area contributed by atoms with E-state index in [0.717, 1.165) is 17.1 Å². The molecule has 1 saturated heterocycles. The number of para-hydroxylation sites is 1. The Bertz CT molecular complexity index is 774. The van der Waals surface area contributed by atoms with E-state index in [1.165, 1.54) is 0 Å². The fourth-order valence-electron chi connectivity index (χ4n) is 3.48. The molecule has 1 aromatic heterocycles. The molecule has 1 aromatic carbocycles. The van der Waals surface area contributed by atoms with Crippen molar-refractivity contribution in [2.24, 2.45) is 5.92 Å². The quantitative estimate of drug-likeness (QED) is 0.930. The molecule has 2 aromatic rings. The Morgan fingerprint density at radius 1 is 1.12 bits per heavy atom. The maximum atomic E-state index is 13.0. The molecule has 6 heteroatoms. The molecule has 25 heavy (non-hydrogen) atoms. The van der Waals surface area contributed by atoms with Gasteiger partial charge in [-0.25, -0.2) is 4.68 Å². The molecule has 1 aliphatic heterocycles. The number of rotatable bonds is 3. The fraction of sp³-hybridized carbons (Fsp3) is 0.421. The molecule has 2 heterocycles. The van der Waals surface area contributed by atoms with Gasteiger partial charge in [-0.15, -0.1) is 0 Å². The number of piperidine rings is 1. The van der Waals surface area contributed by atoms with Crippen LogP contribution in [0.3, 0.4) is 0 Å². The van der Waals surface area contributed by atoms with E-state index in [0.29, 0.717) is 31.5 Å². The highest BCUT2D eigenvalue weighted by molar-refractivity contribution is 5.96. The number of amides is 2. The number of nitrogens with zero attached hydrogens (tertiary/aromatic N) is 3. The average Bonchev–Trinajstić information content (AvgIpc) is 2.95. The van der Waals surface area contributed by atoms with Gasteiger partial charge < -0.3 is 10.2 Å². The molecular formula is C19H24N4O2. The van der Waals surface area contributed by atoms with Crippen LogP contribution in [-0.2, 0) is 4.79 Å². The molecule has 0 unspecified atom stereocenters. The van der Waals surface area contributed by atoms with Gasteiger partial charge in [0.2, 0.25) is 5.91 Å². The van der Waals surface area contributed by atoms with Crippen LogP contribution in [0.15, 0.2) is 30.3 Å². The van der Waals surface area contributed by atoms with Crippen LogP contribution >= 0.6 is 0 Å². The molecule has 6 nitrogen and oxygen atoms in total. The van der Waals surface area contributed by atoms with Crippen LogP contribution in [-0.4, -0.2) is 46.6 Å². The summed E-state index contributed by atoms with van der Waals surface area (Å²) in [6.07, 6.45) is 1.41. The van der Waals surface area contributed by atoms with Gasteiger partial charge in [0, 0.05) is 26.1 Å². The van der Waals surface area contributed by atoms with E-state index in [2.05, 4.69) is 10.4 Å². The van der Waals surface area contributed by atoms with Crippen LogP contribution < -0.4 is 5.32 Å². The van der Waals surface area contributed by atoms with Gasteiger partial charge in [0.25, 0.3) is 5.91 Å². The van der Waals surface area contributed by atoms with Gasteiger partial charge in [0.05, 0.1) is 22.6 Å². The third-order valence-corrected chi connectivity index (χ3v) is 4.91. The summed E-state index contributed by atoms with van der Waals surface area (Å²) in [7, 11) is 1.66. The average molecular weight is 340 g/mol. The van der Waals surface area contributed by atoms with Crippen molar-refractivity contribution < 1.29 is 9.59 Å². The van der Waals surface area contributed by atoms with E-state index < -0.39 is 0 Å². The van der Waals surface area contributed by atoms with Crippen LogP contribution in [0.25, 0.3) is 5.69 Å². The molecule has 132 valence electrons. The molecule has 1 N–H and O–H groups in total. The van der Waals surface area contributed by atoms with Crippen molar-refractivity contribution in [3.05, 3.63) is 47.3 Å². The highest BCUT2D eigenvalue weighted by atomic mass is 16.2.